The van der Waals surface area contributed by atoms with Crippen LogP contribution >= 0.6 is 11.3 Å². The molecule has 0 aliphatic rings. The van der Waals surface area contributed by atoms with E-state index >= 15 is 0 Å². The molecule has 0 saturated carbocycles. The van der Waals surface area contributed by atoms with Gasteiger partial charge in [-0.05, 0) is 17.9 Å². The Hall–Kier alpha value is -0.380. The van der Waals surface area contributed by atoms with Gasteiger partial charge >= 0.3 is 0 Å². The van der Waals surface area contributed by atoms with E-state index in [1.165, 1.54) is 11.3 Å². The first kappa shape index (κ1) is 10.7. The number of hydrogen-bond donors (Lipinski definition) is 2. The lowest BCUT2D eigenvalue weighted by Crippen LogP contribution is -2.16. The normalized spacial score (nSPS) is 15.6. The highest BCUT2D eigenvalue weighted by molar-refractivity contribution is 7.10. The van der Waals surface area contributed by atoms with Crippen molar-refractivity contribution in [3.05, 3.63) is 22.4 Å². The van der Waals surface area contributed by atoms with Gasteiger partial charge in [0.25, 0.3) is 0 Å². The number of aliphatic hydroxyl groups excluding tert-OH is 2. The number of unbranched alkanes of at least 4 members (excludes halogenated alkanes) is 1. The van der Waals surface area contributed by atoms with Crippen molar-refractivity contribution in [3.8, 4) is 0 Å². The molecule has 74 valence electrons. The van der Waals surface area contributed by atoms with Crippen LogP contribution in [0.15, 0.2) is 17.5 Å². The third-order valence-corrected chi connectivity index (χ3v) is 3.00. The molecule has 2 N–H and O–H groups in total. The molecule has 0 amide bonds. The van der Waals surface area contributed by atoms with E-state index in [2.05, 4.69) is 6.92 Å². The first-order valence-electron chi connectivity index (χ1n) is 4.65. The predicted octanol–water partition coefficient (Wildman–Crippen LogP) is 2.33. The van der Waals surface area contributed by atoms with Crippen LogP contribution in [0.3, 0.4) is 0 Å². The van der Waals surface area contributed by atoms with Crippen LogP contribution in [0.25, 0.3) is 0 Å². The monoisotopic (exact) mass is 200 g/mol. The van der Waals surface area contributed by atoms with Gasteiger partial charge in [0.15, 0.2) is 0 Å². The van der Waals surface area contributed by atoms with Crippen molar-refractivity contribution in [2.45, 2.75) is 38.4 Å². The largest absolute Gasteiger partial charge is 0.390 e. The quantitative estimate of drug-likeness (QED) is 0.766. The molecule has 0 fully saturated rings. The fraction of sp³-hybridized carbons (Fsp3) is 0.600. The molecule has 1 aromatic heterocycles. The minimum atomic E-state index is -0.702. The second-order valence-corrected chi connectivity index (χ2v) is 4.15. The van der Waals surface area contributed by atoms with Crippen LogP contribution in [0, 0.1) is 0 Å². The lowest BCUT2D eigenvalue weighted by atomic mass is 10.1. The van der Waals surface area contributed by atoms with E-state index < -0.39 is 12.2 Å². The van der Waals surface area contributed by atoms with Gasteiger partial charge in [-0.25, -0.2) is 0 Å². The lowest BCUT2D eigenvalue weighted by Gasteiger charge is -2.15. The Balaban J connectivity index is 2.43. The molecule has 0 aromatic carbocycles. The molecule has 2 nitrogen and oxygen atoms in total. The van der Waals surface area contributed by atoms with Crippen molar-refractivity contribution in [3.63, 3.8) is 0 Å². The molecular weight excluding hydrogens is 184 g/mol. The van der Waals surface area contributed by atoms with Gasteiger partial charge in [0.2, 0.25) is 0 Å². The SMILES string of the molecule is CCCC[C@@H](O)[C@H](O)c1cccs1. The van der Waals surface area contributed by atoms with Crippen LogP contribution in [0.2, 0.25) is 0 Å². The van der Waals surface area contributed by atoms with Crippen molar-refractivity contribution < 1.29 is 10.2 Å². The summed E-state index contributed by atoms with van der Waals surface area (Å²) in [4.78, 5) is 0.851. The van der Waals surface area contributed by atoms with Gasteiger partial charge in [-0.15, -0.1) is 11.3 Å². The average molecular weight is 200 g/mol. The number of thiophene rings is 1. The lowest BCUT2D eigenvalue weighted by molar-refractivity contribution is 0.0144. The summed E-state index contributed by atoms with van der Waals surface area (Å²) >= 11 is 1.48. The topological polar surface area (TPSA) is 40.5 Å². The highest BCUT2D eigenvalue weighted by atomic mass is 32.1. The van der Waals surface area contributed by atoms with Crippen LogP contribution in [0.5, 0.6) is 0 Å². The maximum atomic E-state index is 9.66. The summed E-state index contributed by atoms with van der Waals surface area (Å²) in [5.74, 6) is 0. The van der Waals surface area contributed by atoms with Gasteiger partial charge in [0.1, 0.15) is 6.10 Å². The fourth-order valence-electron chi connectivity index (χ4n) is 1.22. The molecule has 0 saturated heterocycles. The second kappa shape index (κ2) is 5.37. The fourth-order valence-corrected chi connectivity index (χ4v) is 1.99. The third-order valence-electron chi connectivity index (χ3n) is 2.05. The molecule has 0 bridgehead atoms. The Bertz CT molecular complexity index is 221. The molecule has 1 rings (SSSR count). The summed E-state index contributed by atoms with van der Waals surface area (Å²) in [6.45, 7) is 2.07. The Morgan fingerprint density at radius 1 is 1.46 bits per heavy atom. The molecular formula is C10H16O2S. The minimum Gasteiger partial charge on any atom is -0.390 e. The molecule has 0 spiro atoms. The Morgan fingerprint density at radius 3 is 2.77 bits per heavy atom. The number of rotatable bonds is 5. The molecule has 1 heterocycles. The summed E-state index contributed by atoms with van der Waals surface area (Å²) in [5.41, 5.74) is 0. The minimum absolute atomic E-state index is 0.612. The molecule has 0 aliphatic carbocycles. The van der Waals surface area contributed by atoms with E-state index in [9.17, 15) is 10.2 Å². The van der Waals surface area contributed by atoms with E-state index in [1.54, 1.807) is 0 Å². The average Bonchev–Trinajstić information content (AvgIpc) is 2.65. The van der Waals surface area contributed by atoms with Crippen molar-refractivity contribution in [1.29, 1.82) is 0 Å². The Labute approximate surface area is 82.8 Å². The molecule has 3 heteroatoms. The molecule has 0 unspecified atom stereocenters. The van der Waals surface area contributed by atoms with Crippen LogP contribution in [-0.4, -0.2) is 16.3 Å². The van der Waals surface area contributed by atoms with E-state index in [0.29, 0.717) is 6.42 Å². The standard InChI is InChI=1S/C10H16O2S/c1-2-3-5-8(11)10(12)9-6-4-7-13-9/h4,6-8,10-12H,2-3,5H2,1H3/t8-,10+/m1/s1. The maximum absolute atomic E-state index is 9.66. The van der Waals surface area contributed by atoms with E-state index in [4.69, 9.17) is 0 Å². The molecule has 2 atom stereocenters. The smallest absolute Gasteiger partial charge is 0.114 e. The highest BCUT2D eigenvalue weighted by Crippen LogP contribution is 2.24. The number of aliphatic hydroxyl groups is 2. The summed E-state index contributed by atoms with van der Waals surface area (Å²) in [7, 11) is 0. The summed E-state index contributed by atoms with van der Waals surface area (Å²) < 4.78 is 0. The van der Waals surface area contributed by atoms with Gasteiger partial charge in [-0.1, -0.05) is 25.8 Å². The van der Waals surface area contributed by atoms with Crippen molar-refractivity contribution in [2.24, 2.45) is 0 Å². The van der Waals surface area contributed by atoms with Crippen LogP contribution < -0.4 is 0 Å². The number of hydrogen-bond acceptors (Lipinski definition) is 3. The molecule has 0 aliphatic heterocycles. The first-order valence-corrected chi connectivity index (χ1v) is 5.53. The summed E-state index contributed by atoms with van der Waals surface area (Å²) in [6.07, 6.45) is 1.37. The van der Waals surface area contributed by atoms with Gasteiger partial charge in [0, 0.05) is 4.88 Å². The first-order chi connectivity index (χ1) is 6.25. The predicted molar refractivity (Wildman–Crippen MR) is 54.8 cm³/mol. The van der Waals surface area contributed by atoms with E-state index in [0.717, 1.165) is 17.7 Å². The van der Waals surface area contributed by atoms with Gasteiger partial charge in [0.05, 0.1) is 6.10 Å². The highest BCUT2D eigenvalue weighted by Gasteiger charge is 2.17. The zero-order valence-electron chi connectivity index (χ0n) is 7.81. The van der Waals surface area contributed by atoms with E-state index in [-0.39, 0.29) is 0 Å². The Kier molecular flexibility index (Phi) is 4.42. The second-order valence-electron chi connectivity index (χ2n) is 3.17. The van der Waals surface area contributed by atoms with E-state index in [1.807, 2.05) is 17.5 Å². The van der Waals surface area contributed by atoms with Crippen molar-refractivity contribution in [1.82, 2.24) is 0 Å². The molecule has 13 heavy (non-hydrogen) atoms. The molecule has 1 aromatic rings. The zero-order chi connectivity index (χ0) is 9.68. The van der Waals surface area contributed by atoms with Gasteiger partial charge in [-0.3, -0.25) is 0 Å². The Morgan fingerprint density at radius 2 is 2.23 bits per heavy atom. The summed E-state index contributed by atoms with van der Waals surface area (Å²) in [6, 6.07) is 3.74. The third kappa shape index (κ3) is 3.10. The maximum Gasteiger partial charge on any atom is 0.114 e. The van der Waals surface area contributed by atoms with Crippen LogP contribution in [0.1, 0.15) is 37.2 Å². The van der Waals surface area contributed by atoms with Crippen molar-refractivity contribution >= 4 is 11.3 Å². The zero-order valence-corrected chi connectivity index (χ0v) is 8.63. The van der Waals surface area contributed by atoms with Crippen LogP contribution in [-0.2, 0) is 0 Å². The molecule has 0 radical (unpaired) electrons. The van der Waals surface area contributed by atoms with Gasteiger partial charge in [-0.2, -0.15) is 0 Å². The van der Waals surface area contributed by atoms with Crippen molar-refractivity contribution in [2.75, 3.05) is 0 Å². The summed E-state index contributed by atoms with van der Waals surface area (Å²) in [5, 5.41) is 21.2. The van der Waals surface area contributed by atoms with Crippen LogP contribution in [0.4, 0.5) is 0 Å². The van der Waals surface area contributed by atoms with Gasteiger partial charge < -0.3 is 10.2 Å².